The van der Waals surface area contributed by atoms with Gasteiger partial charge in [-0.15, -0.1) is 0 Å². The summed E-state index contributed by atoms with van der Waals surface area (Å²) >= 11 is 0. The number of rotatable bonds is 4. The third-order valence-electron chi connectivity index (χ3n) is 7.27. The summed E-state index contributed by atoms with van der Waals surface area (Å²) in [6, 6.07) is 3.31. The summed E-state index contributed by atoms with van der Waals surface area (Å²) in [6.07, 6.45) is -1.15. The monoisotopic (exact) mass is 653 g/mol. The lowest BCUT2D eigenvalue weighted by molar-refractivity contribution is 0.439. The molecule has 0 unspecified atom stereocenters. The van der Waals surface area contributed by atoms with Crippen LogP contribution in [-0.2, 0) is 6.42 Å². The van der Waals surface area contributed by atoms with Crippen molar-refractivity contribution < 1.29 is 52.7 Å². The summed E-state index contributed by atoms with van der Waals surface area (Å²) in [4.78, 5) is 0. The van der Waals surface area contributed by atoms with Gasteiger partial charge in [-0.1, -0.05) is 0 Å². The number of halogens is 12. The number of hydrogen-bond acceptors (Lipinski definition) is 3. The molecule has 0 heterocycles. The Hall–Kier alpha value is -5.49. The van der Waals surface area contributed by atoms with E-state index >= 15 is 17.6 Å². The van der Waals surface area contributed by atoms with E-state index in [4.69, 9.17) is 10.5 Å². The van der Waals surface area contributed by atoms with Crippen molar-refractivity contribution in [2.75, 3.05) is 0 Å². The molecule has 234 valence electrons. The van der Waals surface area contributed by atoms with E-state index in [9.17, 15) is 40.4 Å². The molecule has 1 saturated carbocycles. The largest absolute Gasteiger partial charge is 0.203 e. The van der Waals surface area contributed by atoms with E-state index in [0.29, 0.717) is 13.8 Å². The molecule has 0 aliphatic heterocycles. The van der Waals surface area contributed by atoms with Gasteiger partial charge in [0.15, 0.2) is 69.8 Å². The lowest BCUT2D eigenvalue weighted by Crippen LogP contribution is -2.07. The van der Waals surface area contributed by atoms with Crippen LogP contribution in [0.15, 0.2) is 16.7 Å². The zero-order chi connectivity index (χ0) is 34.7. The maximum atomic E-state index is 15.2. The quantitative estimate of drug-likeness (QED) is 0.161. The van der Waals surface area contributed by atoms with E-state index in [0.717, 1.165) is 13.0 Å². The van der Waals surface area contributed by atoms with Gasteiger partial charge in [0.1, 0.15) is 17.7 Å². The molecule has 46 heavy (non-hydrogen) atoms. The van der Waals surface area contributed by atoms with E-state index < -0.39 is 143 Å². The number of allylic oxidation sites excluding steroid dienone is 6. The minimum absolute atomic E-state index is 0.666. The van der Waals surface area contributed by atoms with Crippen molar-refractivity contribution >= 4 is 16.7 Å². The minimum atomic E-state index is -2.33. The maximum absolute atomic E-state index is 15.2. The first-order chi connectivity index (χ1) is 21.5. The highest BCUT2D eigenvalue weighted by Gasteiger charge is 2.43. The molecule has 0 aromatic heterocycles. The second-order valence-corrected chi connectivity index (χ2v) is 9.68. The molecule has 1 fully saturated rings. The lowest BCUT2D eigenvalue weighted by Gasteiger charge is -2.11. The molecule has 1 aliphatic rings. The highest BCUT2D eigenvalue weighted by atomic mass is 19.2. The maximum Gasteiger partial charge on any atom is 0.180 e. The third-order valence-corrected chi connectivity index (χ3v) is 7.27. The van der Waals surface area contributed by atoms with Crippen molar-refractivity contribution in [3.8, 4) is 18.2 Å². The van der Waals surface area contributed by atoms with Gasteiger partial charge >= 0.3 is 0 Å². The zero-order valence-electron chi connectivity index (χ0n) is 23.1. The highest BCUT2D eigenvalue weighted by molar-refractivity contribution is 6.08. The SMILES string of the molecule is CC(=C1C(=C(C#N)c2c(F)c(F)c(C#N)c(F)c2F)C1=C(C)c1c(F)c(F)c(CC#N)c(F)c1F)c1c(F)c(F)c(C)c(F)c1F. The van der Waals surface area contributed by atoms with Crippen LogP contribution in [0.4, 0.5) is 52.7 Å². The topological polar surface area (TPSA) is 71.4 Å². The molecule has 15 heteroatoms. The summed E-state index contributed by atoms with van der Waals surface area (Å²) in [5, 5.41) is 27.5. The van der Waals surface area contributed by atoms with Crippen LogP contribution in [0.2, 0.25) is 0 Å². The van der Waals surface area contributed by atoms with Crippen LogP contribution in [0, 0.1) is 111 Å². The second kappa shape index (κ2) is 11.8. The molecule has 4 rings (SSSR count). The average molecular weight is 653 g/mol. The Bertz CT molecular complexity index is 2070. The molecular weight excluding hydrogens is 642 g/mol. The van der Waals surface area contributed by atoms with E-state index in [2.05, 4.69) is 0 Å². The Morgan fingerprint density at radius 1 is 0.500 bits per heavy atom. The van der Waals surface area contributed by atoms with Gasteiger partial charge in [-0.2, -0.15) is 15.8 Å². The molecule has 1 aliphatic carbocycles. The van der Waals surface area contributed by atoms with Crippen LogP contribution in [0.5, 0.6) is 0 Å². The fourth-order valence-electron chi connectivity index (χ4n) is 4.93. The van der Waals surface area contributed by atoms with Gasteiger partial charge in [0.05, 0.1) is 34.8 Å². The van der Waals surface area contributed by atoms with Crippen LogP contribution >= 0.6 is 0 Å². The predicted molar refractivity (Wildman–Crippen MR) is 135 cm³/mol. The Morgan fingerprint density at radius 3 is 1.22 bits per heavy atom. The number of benzene rings is 3. The summed E-state index contributed by atoms with van der Waals surface area (Å²) < 4.78 is 178. The smallest absolute Gasteiger partial charge is 0.180 e. The van der Waals surface area contributed by atoms with Crippen LogP contribution in [0.25, 0.3) is 16.7 Å². The van der Waals surface area contributed by atoms with Crippen molar-refractivity contribution in [1.29, 1.82) is 15.8 Å². The first-order valence-corrected chi connectivity index (χ1v) is 12.4. The number of nitriles is 3. The predicted octanol–water partition coefficient (Wildman–Crippen LogP) is 8.84. The van der Waals surface area contributed by atoms with Gasteiger partial charge < -0.3 is 0 Å². The second-order valence-electron chi connectivity index (χ2n) is 9.68. The fourth-order valence-corrected chi connectivity index (χ4v) is 4.93. The molecule has 0 bridgehead atoms. The van der Waals surface area contributed by atoms with E-state index in [1.165, 1.54) is 12.1 Å². The minimum Gasteiger partial charge on any atom is -0.203 e. The van der Waals surface area contributed by atoms with Crippen molar-refractivity contribution in [3.05, 3.63) is 120 Å². The third kappa shape index (κ3) is 4.69. The van der Waals surface area contributed by atoms with E-state index in [1.807, 2.05) is 0 Å². The van der Waals surface area contributed by atoms with Crippen LogP contribution in [0.1, 0.15) is 47.2 Å². The van der Waals surface area contributed by atoms with Crippen LogP contribution in [-0.4, -0.2) is 0 Å². The molecule has 0 radical (unpaired) electrons. The fraction of sp³-hybridized carbons (Fsp3) is 0.129. The summed E-state index contributed by atoms with van der Waals surface area (Å²) in [5.74, 6) is -25.5. The summed E-state index contributed by atoms with van der Waals surface area (Å²) in [7, 11) is 0. The number of hydrogen-bond donors (Lipinski definition) is 0. The summed E-state index contributed by atoms with van der Waals surface area (Å²) in [6.45, 7) is 2.11. The number of nitrogens with zero attached hydrogens (tertiary/aromatic N) is 3. The van der Waals surface area contributed by atoms with Crippen molar-refractivity contribution in [2.24, 2.45) is 0 Å². The Labute approximate surface area is 250 Å². The van der Waals surface area contributed by atoms with Crippen LogP contribution < -0.4 is 0 Å². The first-order valence-electron chi connectivity index (χ1n) is 12.4. The van der Waals surface area contributed by atoms with E-state index in [1.54, 1.807) is 0 Å². The standard InChI is InChI=1S/C31H11F12N3/c1-8(16-26(38)20(32)10(3)21(33)27(16)39)14-15(9(2)17-28(40)22(34)11(4-5-44)23(35)29(17)41)18(14)12(6-45)19-30(42)24(36)13(7-46)25(37)31(19)43/h4H2,1-3H3. The van der Waals surface area contributed by atoms with Crippen molar-refractivity contribution in [3.63, 3.8) is 0 Å². The lowest BCUT2D eigenvalue weighted by atomic mass is 9.98. The van der Waals surface area contributed by atoms with Crippen molar-refractivity contribution in [1.82, 2.24) is 0 Å². The van der Waals surface area contributed by atoms with Gasteiger partial charge in [0, 0.05) is 16.7 Å². The van der Waals surface area contributed by atoms with Gasteiger partial charge in [-0.05, 0) is 43.1 Å². The molecule has 0 amide bonds. The molecular formula is C31H11F12N3. The molecule has 3 nitrogen and oxygen atoms in total. The average Bonchev–Trinajstić information content (AvgIpc) is 3.77. The first kappa shape index (κ1) is 33.4. The molecule has 3 aromatic carbocycles. The molecule has 0 atom stereocenters. The van der Waals surface area contributed by atoms with Crippen molar-refractivity contribution in [2.45, 2.75) is 27.2 Å². The van der Waals surface area contributed by atoms with Gasteiger partial charge in [0.2, 0.25) is 0 Å². The highest BCUT2D eigenvalue weighted by Crippen LogP contribution is 2.57. The Kier molecular flexibility index (Phi) is 8.56. The Morgan fingerprint density at radius 2 is 0.870 bits per heavy atom. The van der Waals surface area contributed by atoms with Gasteiger partial charge in [0.25, 0.3) is 0 Å². The van der Waals surface area contributed by atoms with Crippen LogP contribution in [0.3, 0.4) is 0 Å². The van der Waals surface area contributed by atoms with Gasteiger partial charge in [-0.3, -0.25) is 0 Å². The molecule has 3 aromatic rings. The molecule has 0 saturated heterocycles. The Balaban J connectivity index is 2.26. The normalized spacial score (nSPS) is 15.7. The van der Waals surface area contributed by atoms with E-state index in [-0.39, 0.29) is 0 Å². The molecule has 0 N–H and O–H groups in total. The summed E-state index contributed by atoms with van der Waals surface area (Å²) in [5.41, 5.74) is -14.9. The van der Waals surface area contributed by atoms with Gasteiger partial charge in [-0.25, -0.2) is 52.7 Å². The molecule has 0 spiro atoms. The zero-order valence-corrected chi connectivity index (χ0v) is 23.1.